The number of amides is 1. The van der Waals surface area contributed by atoms with Crippen LogP contribution in [0, 0.1) is 5.82 Å². The van der Waals surface area contributed by atoms with Gasteiger partial charge in [-0.25, -0.2) is 4.39 Å². The second-order valence-electron chi connectivity index (χ2n) is 5.46. The van der Waals surface area contributed by atoms with Gasteiger partial charge >= 0.3 is 0 Å². The second kappa shape index (κ2) is 8.93. The average molecular weight is 328 g/mol. The Morgan fingerprint density at radius 1 is 1.04 bits per heavy atom. The Hall–Kier alpha value is -2.53. The van der Waals surface area contributed by atoms with Crippen molar-refractivity contribution in [2.45, 2.75) is 26.3 Å². The van der Waals surface area contributed by atoms with E-state index < -0.39 is 0 Å². The van der Waals surface area contributed by atoms with Crippen LogP contribution in [0.25, 0.3) is 0 Å². The fraction of sp³-hybridized carbons (Fsp3) is 0.263. The zero-order valence-corrected chi connectivity index (χ0v) is 13.6. The van der Waals surface area contributed by atoms with Crippen molar-refractivity contribution in [1.82, 2.24) is 5.32 Å². The van der Waals surface area contributed by atoms with Crippen LogP contribution in [-0.2, 0) is 11.3 Å². The van der Waals surface area contributed by atoms with E-state index in [0.29, 0.717) is 11.3 Å². The van der Waals surface area contributed by atoms with E-state index in [1.165, 1.54) is 24.3 Å². The van der Waals surface area contributed by atoms with E-state index >= 15 is 0 Å². The van der Waals surface area contributed by atoms with Gasteiger partial charge in [-0.3, -0.25) is 9.59 Å². The van der Waals surface area contributed by atoms with Crippen LogP contribution in [0.3, 0.4) is 0 Å². The summed E-state index contributed by atoms with van der Waals surface area (Å²) in [6, 6.07) is 12.9. The van der Waals surface area contributed by atoms with E-state index in [0.717, 1.165) is 18.7 Å². The summed E-state index contributed by atoms with van der Waals surface area (Å²) in [5.74, 6) is -0.779. The van der Waals surface area contributed by atoms with Crippen molar-refractivity contribution in [3.05, 3.63) is 65.5 Å². The van der Waals surface area contributed by atoms with Gasteiger partial charge in [-0.15, -0.1) is 0 Å². The first-order chi connectivity index (χ1) is 11.6. The number of ketones is 1. The lowest BCUT2D eigenvalue weighted by molar-refractivity contribution is -0.116. The van der Waals surface area contributed by atoms with E-state index in [2.05, 4.69) is 10.6 Å². The van der Waals surface area contributed by atoms with E-state index in [-0.39, 0.29) is 30.3 Å². The van der Waals surface area contributed by atoms with Crippen LogP contribution < -0.4 is 10.6 Å². The number of rotatable bonds is 8. The zero-order valence-electron chi connectivity index (χ0n) is 13.6. The highest BCUT2D eigenvalue weighted by atomic mass is 19.1. The van der Waals surface area contributed by atoms with Crippen molar-refractivity contribution in [1.29, 1.82) is 0 Å². The predicted octanol–water partition coefficient (Wildman–Crippen LogP) is 3.54. The van der Waals surface area contributed by atoms with Crippen LogP contribution in [0.2, 0.25) is 0 Å². The Balaban J connectivity index is 1.84. The normalized spacial score (nSPS) is 10.4. The molecule has 24 heavy (non-hydrogen) atoms. The summed E-state index contributed by atoms with van der Waals surface area (Å²) in [6.45, 7) is 3.65. The lowest BCUT2D eigenvalue weighted by atomic mass is 10.1. The number of hydrogen-bond donors (Lipinski definition) is 2. The van der Waals surface area contributed by atoms with Crippen LogP contribution in [-0.4, -0.2) is 18.2 Å². The van der Waals surface area contributed by atoms with Gasteiger partial charge in [0.2, 0.25) is 5.91 Å². The van der Waals surface area contributed by atoms with E-state index in [9.17, 15) is 14.0 Å². The number of benzene rings is 2. The smallest absolute Gasteiger partial charge is 0.224 e. The Kier molecular flexibility index (Phi) is 6.63. The molecular formula is C19H21FN2O2. The molecule has 0 aliphatic rings. The van der Waals surface area contributed by atoms with Crippen LogP contribution in [0.15, 0.2) is 48.5 Å². The lowest BCUT2D eigenvalue weighted by Crippen LogP contribution is -2.15. The fourth-order valence-corrected chi connectivity index (χ4v) is 2.26. The molecule has 2 rings (SSSR count). The summed E-state index contributed by atoms with van der Waals surface area (Å²) in [6.07, 6.45) is 0.183. The number of hydrogen-bond acceptors (Lipinski definition) is 3. The molecule has 0 saturated carbocycles. The van der Waals surface area contributed by atoms with Crippen LogP contribution in [0.5, 0.6) is 0 Å². The number of anilines is 1. The highest BCUT2D eigenvalue weighted by molar-refractivity contribution is 5.99. The Labute approximate surface area is 141 Å². The molecule has 2 N–H and O–H groups in total. The molecule has 0 aromatic heterocycles. The summed E-state index contributed by atoms with van der Waals surface area (Å²) in [5, 5.41) is 6.02. The first-order valence-corrected chi connectivity index (χ1v) is 7.96. The molecular weight excluding hydrogens is 307 g/mol. The van der Waals surface area contributed by atoms with Crippen molar-refractivity contribution in [3.8, 4) is 0 Å². The predicted molar refractivity (Wildman–Crippen MR) is 92.4 cm³/mol. The molecule has 2 aromatic rings. The molecule has 126 valence electrons. The van der Waals surface area contributed by atoms with Gasteiger partial charge in [0, 0.05) is 30.6 Å². The van der Waals surface area contributed by atoms with Crippen molar-refractivity contribution < 1.29 is 14.0 Å². The number of halogens is 1. The molecule has 0 aliphatic heterocycles. The van der Waals surface area contributed by atoms with Gasteiger partial charge in [0.25, 0.3) is 0 Å². The quantitative estimate of drug-likeness (QED) is 0.729. The molecule has 0 spiro atoms. The Morgan fingerprint density at radius 2 is 1.79 bits per heavy atom. The maximum atomic E-state index is 12.8. The summed E-state index contributed by atoms with van der Waals surface area (Å²) in [5.41, 5.74) is 2.21. The Bertz CT molecular complexity index is 699. The second-order valence-corrected chi connectivity index (χ2v) is 5.46. The first-order valence-electron chi connectivity index (χ1n) is 7.96. The standard InChI is InChI=1S/C19H21FN2O2/c1-2-21-13-14-4-3-5-17(12-14)22-19(24)11-10-18(23)15-6-8-16(20)9-7-15/h3-9,12,21H,2,10-11,13H2,1H3,(H,22,24). The molecule has 0 atom stereocenters. The van der Waals surface area contributed by atoms with Gasteiger partial charge in [-0.1, -0.05) is 19.1 Å². The summed E-state index contributed by atoms with van der Waals surface area (Å²) in [7, 11) is 0. The van der Waals surface area contributed by atoms with Gasteiger partial charge in [0.1, 0.15) is 5.82 Å². The maximum Gasteiger partial charge on any atom is 0.224 e. The lowest BCUT2D eigenvalue weighted by Gasteiger charge is -2.08. The van der Waals surface area contributed by atoms with Gasteiger partial charge in [0.05, 0.1) is 0 Å². The maximum absolute atomic E-state index is 12.8. The monoisotopic (exact) mass is 328 g/mol. The minimum Gasteiger partial charge on any atom is -0.326 e. The van der Waals surface area contributed by atoms with E-state index in [4.69, 9.17) is 0 Å². The molecule has 0 unspecified atom stereocenters. The van der Waals surface area contributed by atoms with Crippen molar-refractivity contribution in [3.63, 3.8) is 0 Å². The summed E-state index contributed by atoms with van der Waals surface area (Å²) >= 11 is 0. The molecule has 0 heterocycles. The summed E-state index contributed by atoms with van der Waals surface area (Å²) in [4.78, 5) is 24.0. The molecule has 0 bridgehead atoms. The van der Waals surface area contributed by atoms with E-state index in [1.807, 2.05) is 31.2 Å². The van der Waals surface area contributed by atoms with E-state index in [1.54, 1.807) is 0 Å². The molecule has 4 nitrogen and oxygen atoms in total. The SMILES string of the molecule is CCNCc1cccc(NC(=O)CCC(=O)c2ccc(F)cc2)c1. The molecule has 0 aliphatic carbocycles. The largest absolute Gasteiger partial charge is 0.326 e. The van der Waals surface area contributed by atoms with Gasteiger partial charge in [0.15, 0.2) is 5.78 Å². The summed E-state index contributed by atoms with van der Waals surface area (Å²) < 4.78 is 12.8. The van der Waals surface area contributed by atoms with Gasteiger partial charge < -0.3 is 10.6 Å². The zero-order chi connectivity index (χ0) is 17.4. The highest BCUT2D eigenvalue weighted by Gasteiger charge is 2.10. The number of carbonyl (C=O) groups excluding carboxylic acids is 2. The average Bonchev–Trinajstić information content (AvgIpc) is 2.59. The van der Waals surface area contributed by atoms with Crippen molar-refractivity contribution >= 4 is 17.4 Å². The number of nitrogens with one attached hydrogen (secondary N) is 2. The molecule has 1 amide bonds. The first kappa shape index (κ1) is 17.8. The third-order valence-electron chi connectivity index (χ3n) is 3.54. The van der Waals surface area contributed by atoms with Crippen molar-refractivity contribution in [2.75, 3.05) is 11.9 Å². The molecule has 0 fully saturated rings. The van der Waals surface area contributed by atoms with Crippen molar-refractivity contribution in [2.24, 2.45) is 0 Å². The minimum absolute atomic E-state index is 0.0909. The molecule has 5 heteroatoms. The van der Waals surface area contributed by atoms with Gasteiger partial charge in [-0.05, 0) is 48.5 Å². The number of Topliss-reactive ketones (excluding diaryl/α,β-unsaturated/α-hetero) is 1. The Morgan fingerprint density at radius 3 is 2.50 bits per heavy atom. The van der Waals surface area contributed by atoms with Crippen LogP contribution >= 0.6 is 0 Å². The fourth-order valence-electron chi connectivity index (χ4n) is 2.26. The minimum atomic E-state index is -0.387. The highest BCUT2D eigenvalue weighted by Crippen LogP contribution is 2.12. The molecule has 2 aromatic carbocycles. The van der Waals surface area contributed by atoms with Crippen LogP contribution in [0.1, 0.15) is 35.7 Å². The third-order valence-corrected chi connectivity index (χ3v) is 3.54. The molecule has 0 saturated heterocycles. The molecule has 0 radical (unpaired) electrons. The topological polar surface area (TPSA) is 58.2 Å². The number of carbonyl (C=O) groups is 2. The van der Waals surface area contributed by atoms with Crippen LogP contribution in [0.4, 0.5) is 10.1 Å². The van der Waals surface area contributed by atoms with Gasteiger partial charge in [-0.2, -0.15) is 0 Å². The third kappa shape index (κ3) is 5.59.